The Bertz CT molecular complexity index is 1670. The van der Waals surface area contributed by atoms with E-state index in [-0.39, 0.29) is 11.6 Å². The van der Waals surface area contributed by atoms with Gasteiger partial charge in [0.1, 0.15) is 9.88 Å². The van der Waals surface area contributed by atoms with Crippen molar-refractivity contribution in [3.63, 3.8) is 0 Å². The summed E-state index contributed by atoms with van der Waals surface area (Å²) >= 11 is 1.31. The van der Waals surface area contributed by atoms with Crippen LogP contribution >= 0.6 is 11.3 Å². The second-order valence-electron chi connectivity index (χ2n) is 9.50. The molecule has 0 aliphatic rings. The normalized spacial score (nSPS) is 12.1. The summed E-state index contributed by atoms with van der Waals surface area (Å²) < 4.78 is 5.04. The minimum absolute atomic E-state index is 0.125. The monoisotopic (exact) mass is 505 g/mol. The van der Waals surface area contributed by atoms with E-state index in [1.807, 2.05) is 28.8 Å². The van der Waals surface area contributed by atoms with E-state index in [0.717, 1.165) is 27.1 Å². The van der Waals surface area contributed by atoms with Crippen molar-refractivity contribution in [2.45, 2.75) is 39.3 Å². The second-order valence-corrected chi connectivity index (χ2v) is 10.5. The molecule has 0 bridgehead atoms. The van der Waals surface area contributed by atoms with Gasteiger partial charge in [-0.2, -0.15) is 0 Å². The van der Waals surface area contributed by atoms with Crippen LogP contribution in [0.5, 0.6) is 0 Å². The summed E-state index contributed by atoms with van der Waals surface area (Å²) in [5.41, 5.74) is 3.42. The summed E-state index contributed by atoms with van der Waals surface area (Å²) in [4.78, 5) is 39.6. The highest BCUT2D eigenvalue weighted by Gasteiger charge is 2.22. The molecule has 0 unspecified atom stereocenters. The van der Waals surface area contributed by atoms with Crippen LogP contribution in [0.4, 0.5) is 5.95 Å². The molecule has 0 aliphatic carbocycles. The van der Waals surface area contributed by atoms with Crippen molar-refractivity contribution >= 4 is 45.3 Å². The maximum absolute atomic E-state index is 13.3. The molecule has 0 atom stereocenters. The number of aliphatic hydroxyl groups is 1. The van der Waals surface area contributed by atoms with Gasteiger partial charge in [-0.05, 0) is 51.5 Å². The van der Waals surface area contributed by atoms with Gasteiger partial charge in [-0.25, -0.2) is 14.8 Å². The summed E-state index contributed by atoms with van der Waals surface area (Å²) in [5, 5.41) is 14.1. The molecule has 0 aliphatic heterocycles. The number of carbonyl (C=O) groups excluding carboxylic acids is 1. The lowest BCUT2D eigenvalue weighted by molar-refractivity contribution is 0.0667. The molecule has 11 heteroatoms. The number of imidazole rings is 2. The van der Waals surface area contributed by atoms with Crippen molar-refractivity contribution in [3.05, 3.63) is 57.7 Å². The van der Waals surface area contributed by atoms with Gasteiger partial charge in [0.15, 0.2) is 0 Å². The van der Waals surface area contributed by atoms with Gasteiger partial charge in [-0.15, -0.1) is 11.3 Å². The molecule has 1 aromatic carbocycles. The highest BCUT2D eigenvalue weighted by Crippen LogP contribution is 2.30. The van der Waals surface area contributed by atoms with E-state index in [4.69, 9.17) is 4.98 Å². The number of aromatic nitrogens is 6. The van der Waals surface area contributed by atoms with Crippen molar-refractivity contribution < 1.29 is 9.90 Å². The molecule has 5 aromatic rings. The highest BCUT2D eigenvalue weighted by atomic mass is 32.1. The quantitative estimate of drug-likeness (QED) is 0.365. The smallest absolute Gasteiger partial charge is 0.328 e. The number of amides is 1. The molecule has 0 spiro atoms. The first-order chi connectivity index (χ1) is 17.0. The molecule has 186 valence electrons. The number of nitrogens with zero attached hydrogens (tertiary/aromatic N) is 6. The highest BCUT2D eigenvalue weighted by molar-refractivity contribution is 7.17. The summed E-state index contributed by atoms with van der Waals surface area (Å²) in [5.74, 6) is 0.0693. The molecule has 4 heterocycles. The van der Waals surface area contributed by atoms with Crippen LogP contribution in [0.2, 0.25) is 0 Å². The first-order valence-electron chi connectivity index (χ1n) is 11.5. The topological polar surface area (TPSA) is 120 Å². The SMILES string of the molecule is Cc1nc(-c2ccncc2)sc1C(=O)Nc1nc2cc3c(cc2n1CCC(C)(C)O)n(C)c(=O)n3C. The number of nitrogens with one attached hydrogen (secondary N) is 1. The maximum atomic E-state index is 13.3. The van der Waals surface area contributed by atoms with Crippen molar-refractivity contribution in [3.8, 4) is 10.6 Å². The fourth-order valence-corrected chi connectivity index (χ4v) is 5.17. The van der Waals surface area contributed by atoms with Gasteiger partial charge >= 0.3 is 5.69 Å². The molecule has 1 amide bonds. The predicted molar refractivity (Wildman–Crippen MR) is 140 cm³/mol. The van der Waals surface area contributed by atoms with Gasteiger partial charge in [0, 0.05) is 38.6 Å². The van der Waals surface area contributed by atoms with Crippen molar-refractivity contribution in [1.82, 2.24) is 28.7 Å². The van der Waals surface area contributed by atoms with Gasteiger partial charge in [-0.1, -0.05) is 0 Å². The number of fused-ring (bicyclic) bond motifs is 2. The van der Waals surface area contributed by atoms with E-state index in [0.29, 0.717) is 35.0 Å². The summed E-state index contributed by atoms with van der Waals surface area (Å²) in [6.45, 7) is 5.71. The summed E-state index contributed by atoms with van der Waals surface area (Å²) in [6, 6.07) is 7.46. The molecule has 5 rings (SSSR count). The molecule has 4 aromatic heterocycles. The molecule has 0 fully saturated rings. The number of pyridine rings is 1. The number of anilines is 1. The Kier molecular flexibility index (Phi) is 5.76. The van der Waals surface area contributed by atoms with Gasteiger partial charge < -0.3 is 9.67 Å². The van der Waals surface area contributed by atoms with E-state index in [9.17, 15) is 14.7 Å². The number of hydrogen-bond acceptors (Lipinski definition) is 7. The van der Waals surface area contributed by atoms with Crippen LogP contribution in [0.3, 0.4) is 0 Å². The standard InChI is InChI=1S/C25H27N7O3S/c1-14-20(36-22(27-14)15-6-9-26-10-7-15)21(33)29-23-28-16-12-18-19(31(5)24(34)30(18)4)13-17(16)32(23)11-8-25(2,3)35/h6-7,9-10,12-13,35H,8,11H2,1-5H3,(H,28,29,33). The van der Waals surface area contributed by atoms with Crippen LogP contribution in [-0.4, -0.2) is 45.3 Å². The third-order valence-corrected chi connectivity index (χ3v) is 7.45. The number of hydrogen-bond donors (Lipinski definition) is 2. The molecule has 0 saturated carbocycles. The van der Waals surface area contributed by atoms with Crippen LogP contribution in [-0.2, 0) is 20.6 Å². The zero-order chi connectivity index (χ0) is 25.8. The third kappa shape index (κ3) is 4.20. The van der Waals surface area contributed by atoms with Crippen molar-refractivity contribution in [2.75, 3.05) is 5.32 Å². The number of carbonyl (C=O) groups is 1. The third-order valence-electron chi connectivity index (χ3n) is 6.24. The van der Waals surface area contributed by atoms with Crippen LogP contribution in [0.25, 0.3) is 32.6 Å². The van der Waals surface area contributed by atoms with Crippen LogP contribution < -0.4 is 11.0 Å². The lowest BCUT2D eigenvalue weighted by Crippen LogP contribution is -2.22. The molecule has 10 nitrogen and oxygen atoms in total. The largest absolute Gasteiger partial charge is 0.390 e. The Balaban J connectivity index is 1.57. The molecular weight excluding hydrogens is 478 g/mol. The maximum Gasteiger partial charge on any atom is 0.328 e. The Morgan fingerprint density at radius 3 is 2.42 bits per heavy atom. The molecule has 0 saturated heterocycles. The fourth-order valence-electron chi connectivity index (χ4n) is 4.21. The van der Waals surface area contributed by atoms with Crippen LogP contribution in [0.15, 0.2) is 41.5 Å². The molecule has 0 radical (unpaired) electrons. The van der Waals surface area contributed by atoms with E-state index in [2.05, 4.69) is 15.3 Å². The number of rotatable bonds is 6. The number of benzene rings is 1. The lowest BCUT2D eigenvalue weighted by Gasteiger charge is -2.18. The number of aryl methyl sites for hydroxylation is 4. The Morgan fingerprint density at radius 1 is 1.08 bits per heavy atom. The summed E-state index contributed by atoms with van der Waals surface area (Å²) in [7, 11) is 3.45. The first kappa shape index (κ1) is 23.9. The Labute approximate surface area is 210 Å². The zero-order valence-electron chi connectivity index (χ0n) is 20.7. The minimum atomic E-state index is -0.907. The summed E-state index contributed by atoms with van der Waals surface area (Å²) in [6.07, 6.45) is 3.83. The Hall–Kier alpha value is -3.83. The van der Waals surface area contributed by atoms with Gasteiger partial charge in [0.25, 0.3) is 5.91 Å². The van der Waals surface area contributed by atoms with Gasteiger partial charge in [-0.3, -0.25) is 24.2 Å². The lowest BCUT2D eigenvalue weighted by atomic mass is 10.1. The predicted octanol–water partition coefficient (Wildman–Crippen LogP) is 3.47. The van der Waals surface area contributed by atoms with E-state index in [1.165, 1.54) is 11.3 Å². The second kappa shape index (κ2) is 8.68. The Morgan fingerprint density at radius 2 is 1.75 bits per heavy atom. The van der Waals surface area contributed by atoms with E-state index >= 15 is 0 Å². The first-order valence-corrected chi connectivity index (χ1v) is 12.3. The number of thiazole rings is 1. The average Bonchev–Trinajstić information content (AvgIpc) is 3.45. The van der Waals surface area contributed by atoms with E-state index in [1.54, 1.807) is 56.4 Å². The van der Waals surface area contributed by atoms with Gasteiger partial charge in [0.05, 0.1) is 33.4 Å². The average molecular weight is 506 g/mol. The van der Waals surface area contributed by atoms with E-state index < -0.39 is 5.60 Å². The molecule has 36 heavy (non-hydrogen) atoms. The molecular formula is C25H27N7O3S. The van der Waals surface area contributed by atoms with Crippen molar-refractivity contribution in [2.24, 2.45) is 14.1 Å². The molecule has 2 N–H and O–H groups in total. The zero-order valence-corrected chi connectivity index (χ0v) is 21.6. The van der Waals surface area contributed by atoms with Gasteiger partial charge in [0.2, 0.25) is 5.95 Å². The van der Waals surface area contributed by atoms with Crippen molar-refractivity contribution in [1.29, 1.82) is 0 Å². The van der Waals surface area contributed by atoms with Crippen LogP contribution in [0, 0.1) is 6.92 Å². The fraction of sp³-hybridized carbons (Fsp3) is 0.320. The minimum Gasteiger partial charge on any atom is -0.390 e. The van der Waals surface area contributed by atoms with Crippen LogP contribution in [0.1, 0.15) is 35.6 Å².